The Morgan fingerprint density at radius 1 is 1.47 bits per heavy atom. The zero-order valence-electron chi connectivity index (χ0n) is 12.0. The van der Waals surface area contributed by atoms with Crippen LogP contribution >= 0.6 is 11.3 Å². The summed E-state index contributed by atoms with van der Waals surface area (Å²) in [6.45, 7) is 5.36. The number of hydrogen-bond donors (Lipinski definition) is 1. The first-order chi connectivity index (χ1) is 9.26. The van der Waals surface area contributed by atoms with E-state index in [4.69, 9.17) is 10.5 Å². The zero-order valence-corrected chi connectivity index (χ0v) is 12.9. The van der Waals surface area contributed by atoms with Gasteiger partial charge in [0.05, 0.1) is 6.04 Å². The Bertz CT molecular complexity index is 347. The molecule has 1 aromatic rings. The first kappa shape index (κ1) is 15.0. The topological polar surface area (TPSA) is 38.5 Å². The van der Waals surface area contributed by atoms with Crippen molar-refractivity contribution < 1.29 is 4.74 Å². The summed E-state index contributed by atoms with van der Waals surface area (Å²) in [5.74, 6) is 0.724. The van der Waals surface area contributed by atoms with E-state index in [1.165, 1.54) is 18.4 Å². The second kappa shape index (κ2) is 7.39. The van der Waals surface area contributed by atoms with Crippen LogP contribution in [0.25, 0.3) is 0 Å². The summed E-state index contributed by atoms with van der Waals surface area (Å²) in [5.41, 5.74) is 7.76. The third kappa shape index (κ3) is 3.78. The van der Waals surface area contributed by atoms with Crippen LogP contribution < -0.4 is 5.73 Å². The van der Waals surface area contributed by atoms with E-state index in [0.717, 1.165) is 32.0 Å². The van der Waals surface area contributed by atoms with Crippen LogP contribution in [0.5, 0.6) is 0 Å². The van der Waals surface area contributed by atoms with Gasteiger partial charge in [-0.2, -0.15) is 11.3 Å². The Kier molecular flexibility index (Phi) is 5.82. The van der Waals surface area contributed by atoms with Crippen LogP contribution in [0.2, 0.25) is 0 Å². The van der Waals surface area contributed by atoms with E-state index < -0.39 is 0 Å². The van der Waals surface area contributed by atoms with Crippen LogP contribution in [0.1, 0.15) is 37.8 Å². The Hall–Kier alpha value is -0.420. The van der Waals surface area contributed by atoms with Gasteiger partial charge >= 0.3 is 0 Å². The summed E-state index contributed by atoms with van der Waals surface area (Å²) < 4.78 is 5.28. The predicted octanol–water partition coefficient (Wildman–Crippen LogP) is 2.88. The number of nitrogens with two attached hydrogens (primary N) is 1. The molecule has 3 nitrogen and oxygen atoms in total. The highest BCUT2D eigenvalue weighted by molar-refractivity contribution is 7.07. The summed E-state index contributed by atoms with van der Waals surface area (Å²) in [5, 5.41) is 4.41. The number of nitrogens with zero attached hydrogens (tertiary/aromatic N) is 1. The molecular weight excluding hydrogens is 256 g/mol. The minimum absolute atomic E-state index is 0.230. The summed E-state index contributed by atoms with van der Waals surface area (Å²) in [6, 6.07) is 2.85. The summed E-state index contributed by atoms with van der Waals surface area (Å²) in [6.07, 6.45) is 3.48. The highest BCUT2D eigenvalue weighted by Crippen LogP contribution is 2.31. The van der Waals surface area contributed by atoms with Gasteiger partial charge in [-0.25, -0.2) is 0 Å². The van der Waals surface area contributed by atoms with Crippen molar-refractivity contribution >= 4 is 11.3 Å². The van der Waals surface area contributed by atoms with Crippen molar-refractivity contribution in [1.29, 1.82) is 0 Å². The molecule has 2 atom stereocenters. The van der Waals surface area contributed by atoms with Gasteiger partial charge in [0.2, 0.25) is 0 Å². The van der Waals surface area contributed by atoms with Gasteiger partial charge in [-0.1, -0.05) is 6.92 Å². The third-order valence-corrected chi connectivity index (χ3v) is 4.91. The molecule has 0 spiro atoms. The first-order valence-electron chi connectivity index (χ1n) is 7.27. The molecule has 108 valence electrons. The summed E-state index contributed by atoms with van der Waals surface area (Å²) in [7, 11) is 1.80. The number of methoxy groups -OCH3 is 1. The maximum Gasteiger partial charge on any atom is 0.0507 e. The molecular formula is C15H26N2OS. The van der Waals surface area contributed by atoms with E-state index in [0.29, 0.717) is 6.04 Å². The van der Waals surface area contributed by atoms with Crippen LogP contribution in [0, 0.1) is 5.92 Å². The normalized spacial score (nSPS) is 21.4. The molecule has 1 aliphatic rings. The minimum atomic E-state index is 0.230. The van der Waals surface area contributed by atoms with Crippen molar-refractivity contribution in [2.45, 2.75) is 38.3 Å². The highest BCUT2D eigenvalue weighted by atomic mass is 32.1. The number of piperidine rings is 1. The van der Waals surface area contributed by atoms with E-state index in [1.807, 2.05) is 0 Å². The van der Waals surface area contributed by atoms with Crippen molar-refractivity contribution in [3.05, 3.63) is 22.4 Å². The molecule has 19 heavy (non-hydrogen) atoms. The van der Waals surface area contributed by atoms with Gasteiger partial charge in [0.1, 0.15) is 0 Å². The molecule has 0 radical (unpaired) electrons. The zero-order chi connectivity index (χ0) is 13.7. The van der Waals surface area contributed by atoms with Crippen LogP contribution in [0.15, 0.2) is 16.8 Å². The van der Waals surface area contributed by atoms with Crippen LogP contribution in [0.3, 0.4) is 0 Å². The Labute approximate surface area is 120 Å². The fourth-order valence-electron chi connectivity index (χ4n) is 3.03. The Morgan fingerprint density at radius 3 is 2.74 bits per heavy atom. The van der Waals surface area contributed by atoms with E-state index in [9.17, 15) is 0 Å². The molecule has 1 aliphatic heterocycles. The van der Waals surface area contributed by atoms with E-state index in [-0.39, 0.29) is 6.04 Å². The Morgan fingerprint density at radius 2 is 2.21 bits per heavy atom. The maximum atomic E-state index is 6.37. The lowest BCUT2D eigenvalue weighted by Crippen LogP contribution is -2.45. The number of rotatable bonds is 6. The lowest BCUT2D eigenvalue weighted by Gasteiger charge is -2.39. The summed E-state index contributed by atoms with van der Waals surface area (Å²) >= 11 is 1.77. The van der Waals surface area contributed by atoms with Crippen molar-refractivity contribution in [2.75, 3.05) is 26.8 Å². The molecule has 0 aliphatic carbocycles. The molecule has 0 saturated carbocycles. The molecule has 2 N–H and O–H groups in total. The molecule has 1 fully saturated rings. The highest BCUT2D eigenvalue weighted by Gasteiger charge is 2.29. The fraction of sp³-hybridized carbons (Fsp3) is 0.733. The molecule has 2 heterocycles. The standard InChI is InChI=1S/C15H26N2OS/c1-3-14(16)15(13-6-9-19-11-13)17-7-4-12(5-8-17)10-18-2/h6,9,11-12,14-15H,3-5,7-8,10,16H2,1-2H3. The fourth-order valence-corrected chi connectivity index (χ4v) is 3.72. The maximum absolute atomic E-state index is 6.37. The van der Waals surface area contributed by atoms with Crippen LogP contribution in [0.4, 0.5) is 0 Å². The van der Waals surface area contributed by atoms with Crippen LogP contribution in [-0.2, 0) is 4.74 Å². The van der Waals surface area contributed by atoms with Crippen molar-refractivity contribution in [2.24, 2.45) is 11.7 Å². The van der Waals surface area contributed by atoms with Crippen molar-refractivity contribution in [1.82, 2.24) is 4.90 Å². The lowest BCUT2D eigenvalue weighted by atomic mass is 9.92. The van der Waals surface area contributed by atoms with Gasteiger partial charge in [-0.05, 0) is 60.7 Å². The third-order valence-electron chi connectivity index (χ3n) is 4.21. The van der Waals surface area contributed by atoms with Crippen molar-refractivity contribution in [3.8, 4) is 0 Å². The SMILES string of the molecule is CCC(N)C(c1ccsc1)N1CCC(COC)CC1. The van der Waals surface area contributed by atoms with Gasteiger partial charge in [0.15, 0.2) is 0 Å². The number of thiophene rings is 1. The lowest BCUT2D eigenvalue weighted by molar-refractivity contribution is 0.0716. The smallest absolute Gasteiger partial charge is 0.0507 e. The molecule has 0 aromatic carbocycles. The molecule has 2 rings (SSSR count). The molecule has 0 bridgehead atoms. The molecule has 0 amide bonds. The first-order valence-corrected chi connectivity index (χ1v) is 8.21. The van der Waals surface area contributed by atoms with Gasteiger partial charge in [0.25, 0.3) is 0 Å². The monoisotopic (exact) mass is 282 g/mol. The molecule has 1 saturated heterocycles. The van der Waals surface area contributed by atoms with E-state index in [1.54, 1.807) is 18.4 Å². The van der Waals surface area contributed by atoms with E-state index >= 15 is 0 Å². The van der Waals surface area contributed by atoms with Gasteiger partial charge in [-0.15, -0.1) is 0 Å². The number of likely N-dealkylation sites (tertiary alicyclic amines) is 1. The molecule has 1 aromatic heterocycles. The molecule has 4 heteroatoms. The number of hydrogen-bond acceptors (Lipinski definition) is 4. The van der Waals surface area contributed by atoms with E-state index in [2.05, 4.69) is 28.7 Å². The number of ether oxygens (including phenoxy) is 1. The minimum Gasteiger partial charge on any atom is -0.384 e. The second-order valence-electron chi connectivity index (χ2n) is 5.51. The average Bonchev–Trinajstić information content (AvgIpc) is 2.95. The van der Waals surface area contributed by atoms with Gasteiger partial charge in [0, 0.05) is 19.8 Å². The summed E-state index contributed by atoms with van der Waals surface area (Å²) in [4.78, 5) is 2.57. The second-order valence-corrected chi connectivity index (χ2v) is 6.29. The largest absolute Gasteiger partial charge is 0.384 e. The average molecular weight is 282 g/mol. The quantitative estimate of drug-likeness (QED) is 0.872. The van der Waals surface area contributed by atoms with Crippen LogP contribution in [-0.4, -0.2) is 37.7 Å². The van der Waals surface area contributed by atoms with Crippen molar-refractivity contribution in [3.63, 3.8) is 0 Å². The van der Waals surface area contributed by atoms with Gasteiger partial charge < -0.3 is 10.5 Å². The molecule has 2 unspecified atom stereocenters. The van der Waals surface area contributed by atoms with Gasteiger partial charge in [-0.3, -0.25) is 4.90 Å². The predicted molar refractivity (Wildman–Crippen MR) is 81.5 cm³/mol. The Balaban J connectivity index is 2.00.